The predicted octanol–water partition coefficient (Wildman–Crippen LogP) is -3.24. The zero-order valence-electron chi connectivity index (χ0n) is 16.5. The Bertz CT molecular complexity index is 644. The lowest BCUT2D eigenvalue weighted by Crippen LogP contribution is -3.20. The monoisotopic (exact) mass is 458 g/mol. The van der Waals surface area contributed by atoms with E-state index in [0.717, 1.165) is 0 Å². The van der Waals surface area contributed by atoms with Gasteiger partial charge in [-0.2, -0.15) is 22.7 Å². The Morgan fingerprint density at radius 1 is 0.714 bits per heavy atom. The van der Waals surface area contributed by atoms with E-state index in [9.17, 15) is 0 Å². The molecule has 6 heteroatoms. The maximum Gasteiger partial charge on any atom is 0.127 e. The van der Waals surface area contributed by atoms with Gasteiger partial charge < -0.3 is 34.6 Å². The van der Waals surface area contributed by atoms with E-state index in [1.165, 1.54) is 94.5 Å². The number of thiophene rings is 2. The van der Waals surface area contributed by atoms with Gasteiger partial charge in [-0.3, -0.25) is 0 Å². The zero-order valence-corrected chi connectivity index (χ0v) is 19.7. The highest BCUT2D eigenvalue weighted by Gasteiger charge is 2.23. The van der Waals surface area contributed by atoms with E-state index < -0.39 is 0 Å². The first-order valence-corrected chi connectivity index (χ1v) is 12.2. The molecular weight excluding hydrogens is 427 g/mol. The Labute approximate surface area is 190 Å². The quantitative estimate of drug-likeness (QED) is 0.465. The van der Waals surface area contributed by atoms with Crippen molar-refractivity contribution in [3.63, 3.8) is 0 Å². The van der Waals surface area contributed by atoms with Gasteiger partial charge in [0.25, 0.3) is 0 Å². The third kappa shape index (κ3) is 6.32. The van der Waals surface area contributed by atoms with Crippen LogP contribution in [0, 0.1) is 0 Å². The molecule has 0 atom stereocenters. The normalized spacial score (nSPS) is 20.7. The molecule has 0 bridgehead atoms. The molecule has 2 N–H and O–H groups in total. The van der Waals surface area contributed by atoms with Crippen molar-refractivity contribution in [3.05, 3.63) is 50.4 Å². The molecule has 0 amide bonds. The number of rotatable bonds is 5. The van der Waals surface area contributed by atoms with Gasteiger partial charge in [0.2, 0.25) is 0 Å². The molecule has 0 aliphatic carbocycles. The second kappa shape index (κ2) is 12.4. The third-order valence-electron chi connectivity index (χ3n) is 6.18. The Morgan fingerprint density at radius 3 is 1.68 bits per heavy atom. The van der Waals surface area contributed by atoms with Crippen LogP contribution in [0.15, 0.2) is 39.2 Å². The second-order valence-corrected chi connectivity index (χ2v) is 9.48. The SMILES string of the molecule is [Cl-].[Cl-].c1cc(C(=C2CC[NH+](CC[NH+]3CCCCCC3)CC2)c2ccsc2)cs1. The minimum atomic E-state index is 0. The fourth-order valence-corrected chi connectivity index (χ4v) is 5.92. The van der Waals surface area contributed by atoms with Crippen LogP contribution in [-0.4, -0.2) is 39.3 Å². The van der Waals surface area contributed by atoms with Gasteiger partial charge in [-0.15, -0.1) is 0 Å². The first-order chi connectivity index (χ1) is 12.9. The summed E-state index contributed by atoms with van der Waals surface area (Å²) in [6.07, 6.45) is 8.35. The molecule has 2 aliphatic heterocycles. The molecule has 156 valence electrons. The second-order valence-electron chi connectivity index (χ2n) is 7.92. The van der Waals surface area contributed by atoms with Crippen LogP contribution < -0.4 is 34.6 Å². The summed E-state index contributed by atoms with van der Waals surface area (Å²) in [6.45, 7) is 8.23. The first kappa shape index (κ1) is 23.9. The maximum atomic E-state index is 2.32. The molecule has 0 unspecified atom stereocenters. The lowest BCUT2D eigenvalue weighted by molar-refractivity contribution is -0.958. The molecule has 2 aliphatic rings. The van der Waals surface area contributed by atoms with E-state index in [1.807, 2.05) is 32.5 Å². The Balaban J connectivity index is 0.00000140. The summed E-state index contributed by atoms with van der Waals surface area (Å²) in [4.78, 5) is 3.70. The van der Waals surface area contributed by atoms with Gasteiger partial charge in [0.1, 0.15) is 13.1 Å². The van der Waals surface area contributed by atoms with Crippen molar-refractivity contribution in [2.24, 2.45) is 0 Å². The number of nitrogens with one attached hydrogen (secondary N) is 2. The zero-order chi connectivity index (χ0) is 17.6. The van der Waals surface area contributed by atoms with E-state index in [4.69, 9.17) is 0 Å². The summed E-state index contributed by atoms with van der Waals surface area (Å²) >= 11 is 3.63. The third-order valence-corrected chi connectivity index (χ3v) is 7.54. The van der Waals surface area contributed by atoms with Crippen LogP contribution in [0.2, 0.25) is 0 Å². The largest absolute Gasteiger partial charge is 1.00 e. The molecular formula is C22H32Cl2N2S2. The number of quaternary nitrogens is 2. The highest BCUT2D eigenvalue weighted by Crippen LogP contribution is 2.32. The number of halogens is 2. The molecule has 4 rings (SSSR count). The topological polar surface area (TPSA) is 8.88 Å². The molecule has 2 nitrogen and oxygen atoms in total. The maximum absolute atomic E-state index is 2.32. The van der Waals surface area contributed by atoms with E-state index >= 15 is 0 Å². The highest BCUT2D eigenvalue weighted by atomic mass is 35.5. The van der Waals surface area contributed by atoms with Crippen molar-refractivity contribution in [2.45, 2.75) is 38.5 Å². The van der Waals surface area contributed by atoms with Crippen LogP contribution in [0.1, 0.15) is 49.7 Å². The number of hydrogen-bond donors (Lipinski definition) is 2. The van der Waals surface area contributed by atoms with Crippen molar-refractivity contribution >= 4 is 28.2 Å². The van der Waals surface area contributed by atoms with E-state index in [2.05, 4.69) is 33.7 Å². The summed E-state index contributed by atoms with van der Waals surface area (Å²) in [7, 11) is 0. The van der Waals surface area contributed by atoms with Crippen LogP contribution in [0.3, 0.4) is 0 Å². The number of piperidine rings is 1. The van der Waals surface area contributed by atoms with Gasteiger partial charge in [-0.05, 0) is 76.0 Å². The molecule has 0 radical (unpaired) electrons. The molecule has 0 spiro atoms. The van der Waals surface area contributed by atoms with E-state index in [0.29, 0.717) is 0 Å². The van der Waals surface area contributed by atoms with Gasteiger partial charge in [-0.1, -0.05) is 5.57 Å². The van der Waals surface area contributed by atoms with Crippen LogP contribution in [-0.2, 0) is 0 Å². The van der Waals surface area contributed by atoms with Crippen molar-refractivity contribution < 1.29 is 34.6 Å². The number of hydrogen-bond acceptors (Lipinski definition) is 2. The summed E-state index contributed by atoms with van der Waals surface area (Å²) in [6, 6.07) is 4.60. The lowest BCUT2D eigenvalue weighted by Gasteiger charge is -2.28. The fraction of sp³-hybridized carbons (Fsp3) is 0.545. The van der Waals surface area contributed by atoms with Crippen molar-refractivity contribution in [2.75, 3.05) is 39.3 Å². The van der Waals surface area contributed by atoms with Gasteiger partial charge in [0.05, 0.1) is 26.2 Å². The molecule has 2 aromatic heterocycles. The molecule has 28 heavy (non-hydrogen) atoms. The van der Waals surface area contributed by atoms with Gasteiger partial charge in [0, 0.05) is 12.8 Å². The molecule has 2 aromatic rings. The van der Waals surface area contributed by atoms with Crippen molar-refractivity contribution in [1.82, 2.24) is 0 Å². The standard InChI is InChI=1S/C22H30N2S2.2ClH/c1-2-4-10-23(9-3-1)13-14-24-11-5-19(6-12-24)22(20-7-15-25-17-20)21-8-16-26-18-21;;/h7-8,15-18H,1-6,9-14H2;2*1H. The van der Waals surface area contributed by atoms with Gasteiger partial charge >= 0.3 is 0 Å². The molecule has 0 aromatic carbocycles. The average molecular weight is 460 g/mol. The summed E-state index contributed by atoms with van der Waals surface area (Å²) in [5, 5.41) is 9.07. The minimum absolute atomic E-state index is 0. The van der Waals surface area contributed by atoms with Gasteiger partial charge in [0.15, 0.2) is 0 Å². The highest BCUT2D eigenvalue weighted by molar-refractivity contribution is 7.08. The fourth-order valence-electron chi connectivity index (χ4n) is 4.63. The molecule has 2 fully saturated rings. The lowest BCUT2D eigenvalue weighted by atomic mass is 9.91. The molecule has 4 heterocycles. The molecule has 2 saturated heterocycles. The Morgan fingerprint density at radius 2 is 1.21 bits per heavy atom. The summed E-state index contributed by atoms with van der Waals surface area (Å²) in [5.74, 6) is 0. The van der Waals surface area contributed by atoms with Crippen molar-refractivity contribution in [3.8, 4) is 0 Å². The van der Waals surface area contributed by atoms with Gasteiger partial charge in [-0.25, -0.2) is 0 Å². The minimum Gasteiger partial charge on any atom is -1.00 e. The number of likely N-dealkylation sites (tertiary alicyclic amines) is 2. The van der Waals surface area contributed by atoms with Crippen LogP contribution >= 0.6 is 22.7 Å². The van der Waals surface area contributed by atoms with E-state index in [-0.39, 0.29) is 24.8 Å². The van der Waals surface area contributed by atoms with Crippen LogP contribution in [0.5, 0.6) is 0 Å². The first-order valence-electron chi connectivity index (χ1n) is 10.3. The van der Waals surface area contributed by atoms with Crippen LogP contribution in [0.25, 0.3) is 5.57 Å². The van der Waals surface area contributed by atoms with Crippen LogP contribution in [0.4, 0.5) is 0 Å². The summed E-state index contributed by atoms with van der Waals surface area (Å²) < 4.78 is 0. The predicted molar refractivity (Wildman–Crippen MR) is 113 cm³/mol. The smallest absolute Gasteiger partial charge is 0.127 e. The molecule has 0 saturated carbocycles. The Kier molecular flexibility index (Phi) is 10.6. The summed E-state index contributed by atoms with van der Waals surface area (Å²) in [5.41, 5.74) is 6.08. The van der Waals surface area contributed by atoms with E-state index in [1.54, 1.807) is 5.57 Å². The Hall–Kier alpha value is -0.360. The van der Waals surface area contributed by atoms with Crippen molar-refractivity contribution in [1.29, 1.82) is 0 Å². The average Bonchev–Trinajstić information content (AvgIpc) is 3.33.